The van der Waals surface area contributed by atoms with Gasteiger partial charge in [0, 0.05) is 5.69 Å². The second-order valence-electron chi connectivity index (χ2n) is 5.98. The van der Waals surface area contributed by atoms with Crippen molar-refractivity contribution in [2.24, 2.45) is 0 Å². The molecule has 6 nitrogen and oxygen atoms in total. The molecule has 7 heteroatoms. The predicted octanol–water partition coefficient (Wildman–Crippen LogP) is 3.93. The van der Waals surface area contributed by atoms with Crippen molar-refractivity contribution in [1.29, 1.82) is 0 Å². The number of rotatable bonds is 6. The van der Waals surface area contributed by atoms with Crippen LogP contribution in [0, 0.1) is 5.82 Å². The largest absolute Gasteiger partial charge is 0.465 e. The van der Waals surface area contributed by atoms with Crippen LogP contribution in [0.15, 0.2) is 66.9 Å². The molecule has 1 amide bonds. The molecule has 0 saturated heterocycles. The summed E-state index contributed by atoms with van der Waals surface area (Å²) in [7, 11) is 1.33. The van der Waals surface area contributed by atoms with Crippen molar-refractivity contribution >= 4 is 29.1 Å². The number of nitrogens with zero attached hydrogens (tertiary/aromatic N) is 1. The molecule has 3 aromatic rings. The van der Waals surface area contributed by atoms with Crippen molar-refractivity contribution in [2.45, 2.75) is 6.42 Å². The standard InChI is InChI=1S/C21H18FN3O3/c1-28-21(27)15-4-8-17(9-5-15)24-18-10-11-19(23-13-18)25-20(26)12-14-2-6-16(22)7-3-14/h2-11,13,24H,12H2,1H3,(H,23,25,26). The van der Waals surface area contributed by atoms with Gasteiger partial charge in [0.15, 0.2) is 0 Å². The molecule has 0 unspecified atom stereocenters. The van der Waals surface area contributed by atoms with E-state index < -0.39 is 5.97 Å². The van der Waals surface area contributed by atoms with Gasteiger partial charge >= 0.3 is 5.97 Å². The Morgan fingerprint density at radius 1 is 0.964 bits per heavy atom. The Kier molecular flexibility index (Phi) is 5.96. The number of ether oxygens (including phenoxy) is 1. The molecule has 142 valence electrons. The number of benzene rings is 2. The highest BCUT2D eigenvalue weighted by molar-refractivity contribution is 5.91. The van der Waals surface area contributed by atoms with Gasteiger partial charge in [-0.25, -0.2) is 14.2 Å². The van der Waals surface area contributed by atoms with E-state index in [4.69, 9.17) is 0 Å². The summed E-state index contributed by atoms with van der Waals surface area (Å²) in [6.45, 7) is 0. The molecule has 0 aliphatic heterocycles. The zero-order valence-electron chi connectivity index (χ0n) is 15.1. The lowest BCUT2D eigenvalue weighted by atomic mass is 10.1. The summed E-state index contributed by atoms with van der Waals surface area (Å²) in [5.74, 6) is -0.556. The fraction of sp³-hybridized carbons (Fsp3) is 0.0952. The number of aromatic nitrogens is 1. The van der Waals surface area contributed by atoms with Gasteiger partial charge in [0.2, 0.25) is 5.91 Å². The SMILES string of the molecule is COC(=O)c1ccc(Nc2ccc(NC(=O)Cc3ccc(F)cc3)nc2)cc1. The third-order valence-electron chi connectivity index (χ3n) is 3.90. The maximum atomic E-state index is 12.9. The van der Waals surface area contributed by atoms with Gasteiger partial charge in [-0.05, 0) is 54.1 Å². The van der Waals surface area contributed by atoms with Crippen molar-refractivity contribution < 1.29 is 18.7 Å². The summed E-state index contributed by atoms with van der Waals surface area (Å²) in [5, 5.41) is 5.85. The number of esters is 1. The smallest absolute Gasteiger partial charge is 0.337 e. The monoisotopic (exact) mass is 379 g/mol. The molecule has 0 aliphatic carbocycles. The van der Waals surface area contributed by atoms with Crippen molar-refractivity contribution in [3.8, 4) is 0 Å². The van der Waals surface area contributed by atoms with Crippen LogP contribution >= 0.6 is 0 Å². The molecule has 0 bridgehead atoms. The summed E-state index contributed by atoms with van der Waals surface area (Å²) >= 11 is 0. The van der Waals surface area contributed by atoms with Crippen LogP contribution in [0.25, 0.3) is 0 Å². The molecular weight excluding hydrogens is 361 g/mol. The minimum Gasteiger partial charge on any atom is -0.465 e. The number of carbonyl (C=O) groups excluding carboxylic acids is 2. The minimum absolute atomic E-state index is 0.133. The second-order valence-corrected chi connectivity index (χ2v) is 5.98. The third kappa shape index (κ3) is 5.14. The van der Waals surface area contributed by atoms with Crippen LogP contribution in [0.2, 0.25) is 0 Å². The molecule has 2 N–H and O–H groups in total. The third-order valence-corrected chi connectivity index (χ3v) is 3.90. The van der Waals surface area contributed by atoms with Crippen molar-refractivity contribution in [3.63, 3.8) is 0 Å². The average Bonchev–Trinajstić information content (AvgIpc) is 2.71. The number of anilines is 3. The Bertz CT molecular complexity index is 956. The maximum Gasteiger partial charge on any atom is 0.337 e. The first-order chi connectivity index (χ1) is 13.5. The number of halogens is 1. The second kappa shape index (κ2) is 8.77. The number of hydrogen-bond acceptors (Lipinski definition) is 5. The van der Waals surface area contributed by atoms with E-state index in [1.165, 1.54) is 19.2 Å². The first-order valence-electron chi connectivity index (χ1n) is 8.49. The van der Waals surface area contributed by atoms with E-state index in [1.54, 1.807) is 54.7 Å². The van der Waals surface area contributed by atoms with Crippen LogP contribution in [0.3, 0.4) is 0 Å². The van der Waals surface area contributed by atoms with E-state index in [1.807, 2.05) is 0 Å². The molecule has 0 aliphatic rings. The van der Waals surface area contributed by atoms with E-state index in [9.17, 15) is 14.0 Å². The molecule has 1 heterocycles. The zero-order chi connectivity index (χ0) is 19.9. The van der Waals surface area contributed by atoms with Crippen LogP contribution in [-0.2, 0) is 16.0 Å². The van der Waals surface area contributed by atoms with E-state index in [-0.39, 0.29) is 18.1 Å². The highest BCUT2D eigenvalue weighted by atomic mass is 19.1. The molecule has 28 heavy (non-hydrogen) atoms. The van der Waals surface area contributed by atoms with Gasteiger partial charge in [0.25, 0.3) is 0 Å². The van der Waals surface area contributed by atoms with E-state index in [0.29, 0.717) is 16.9 Å². The highest BCUT2D eigenvalue weighted by Crippen LogP contribution is 2.18. The summed E-state index contributed by atoms with van der Waals surface area (Å²) in [4.78, 5) is 27.7. The lowest BCUT2D eigenvalue weighted by Crippen LogP contribution is -2.15. The van der Waals surface area contributed by atoms with Gasteiger partial charge in [-0.1, -0.05) is 12.1 Å². The molecule has 2 aromatic carbocycles. The number of carbonyl (C=O) groups is 2. The molecule has 1 aromatic heterocycles. The van der Waals surface area contributed by atoms with E-state index >= 15 is 0 Å². The van der Waals surface area contributed by atoms with Gasteiger partial charge in [-0.3, -0.25) is 4.79 Å². The molecular formula is C21H18FN3O3. The average molecular weight is 379 g/mol. The number of amides is 1. The Labute approximate surface area is 161 Å². The van der Waals surface area contributed by atoms with Crippen molar-refractivity contribution in [3.05, 3.63) is 83.8 Å². The zero-order valence-corrected chi connectivity index (χ0v) is 15.1. The van der Waals surface area contributed by atoms with Crippen LogP contribution in [-0.4, -0.2) is 24.0 Å². The maximum absolute atomic E-state index is 12.9. The van der Waals surface area contributed by atoms with E-state index in [0.717, 1.165) is 11.4 Å². The Morgan fingerprint density at radius 2 is 1.64 bits per heavy atom. The van der Waals surface area contributed by atoms with Gasteiger partial charge in [-0.15, -0.1) is 0 Å². The molecule has 0 saturated carbocycles. The van der Waals surface area contributed by atoms with Gasteiger partial charge < -0.3 is 15.4 Å². The Morgan fingerprint density at radius 3 is 2.25 bits per heavy atom. The number of pyridine rings is 1. The fourth-order valence-electron chi connectivity index (χ4n) is 2.49. The first-order valence-corrected chi connectivity index (χ1v) is 8.49. The number of methoxy groups -OCH3 is 1. The normalized spacial score (nSPS) is 10.2. The quantitative estimate of drug-likeness (QED) is 0.635. The lowest BCUT2D eigenvalue weighted by molar-refractivity contribution is -0.115. The minimum atomic E-state index is -0.394. The van der Waals surface area contributed by atoms with Crippen LogP contribution in [0.4, 0.5) is 21.6 Å². The number of hydrogen-bond donors (Lipinski definition) is 2. The summed E-state index contributed by atoms with van der Waals surface area (Å²) in [6.07, 6.45) is 1.72. The summed E-state index contributed by atoms with van der Waals surface area (Å²) in [6, 6.07) is 16.1. The fourth-order valence-corrected chi connectivity index (χ4v) is 2.49. The van der Waals surface area contributed by atoms with Gasteiger partial charge in [0.05, 0.1) is 31.0 Å². The predicted molar refractivity (Wildman–Crippen MR) is 104 cm³/mol. The number of nitrogens with one attached hydrogen (secondary N) is 2. The molecule has 0 spiro atoms. The lowest BCUT2D eigenvalue weighted by Gasteiger charge is -2.09. The molecule has 0 fully saturated rings. The topological polar surface area (TPSA) is 80.3 Å². The molecule has 3 rings (SSSR count). The van der Waals surface area contributed by atoms with Crippen molar-refractivity contribution in [2.75, 3.05) is 17.7 Å². The van der Waals surface area contributed by atoms with Gasteiger partial charge in [-0.2, -0.15) is 0 Å². The van der Waals surface area contributed by atoms with E-state index in [2.05, 4.69) is 20.4 Å². The van der Waals surface area contributed by atoms with Crippen molar-refractivity contribution in [1.82, 2.24) is 4.98 Å². The summed E-state index contributed by atoms with van der Waals surface area (Å²) < 4.78 is 17.6. The van der Waals surface area contributed by atoms with Crippen LogP contribution in [0.5, 0.6) is 0 Å². The summed E-state index contributed by atoms with van der Waals surface area (Å²) in [5.41, 5.74) is 2.68. The van der Waals surface area contributed by atoms with Crippen LogP contribution < -0.4 is 10.6 Å². The Balaban J connectivity index is 1.56. The molecule has 0 radical (unpaired) electrons. The molecule has 0 atom stereocenters. The van der Waals surface area contributed by atoms with Crippen LogP contribution in [0.1, 0.15) is 15.9 Å². The van der Waals surface area contributed by atoms with Gasteiger partial charge in [0.1, 0.15) is 11.6 Å². The highest BCUT2D eigenvalue weighted by Gasteiger charge is 2.07. The Hall–Kier alpha value is -3.74. The first kappa shape index (κ1) is 19.0.